The van der Waals surface area contributed by atoms with Gasteiger partial charge in [0.25, 0.3) is 5.91 Å². The molecule has 0 fully saturated rings. The zero-order valence-electron chi connectivity index (χ0n) is 15.1. The van der Waals surface area contributed by atoms with Crippen LogP contribution in [0.2, 0.25) is 0 Å². The molecule has 0 bridgehead atoms. The van der Waals surface area contributed by atoms with Crippen molar-refractivity contribution in [2.75, 3.05) is 0 Å². The second-order valence-corrected chi connectivity index (χ2v) is 6.65. The van der Waals surface area contributed by atoms with Gasteiger partial charge in [0.05, 0.1) is 17.3 Å². The number of nitrogens with zero attached hydrogens (tertiary/aromatic N) is 4. The van der Waals surface area contributed by atoms with E-state index in [1.165, 1.54) is 5.56 Å². The molecule has 0 spiro atoms. The highest BCUT2D eigenvalue weighted by Gasteiger charge is 2.26. The van der Waals surface area contributed by atoms with Crippen LogP contribution in [-0.4, -0.2) is 25.8 Å². The first-order valence-corrected chi connectivity index (χ1v) is 8.82. The summed E-state index contributed by atoms with van der Waals surface area (Å²) in [5, 5.41) is 11.4. The van der Waals surface area contributed by atoms with Crippen LogP contribution in [0.1, 0.15) is 52.5 Å². The van der Waals surface area contributed by atoms with E-state index in [4.69, 9.17) is 4.52 Å². The normalized spacial score (nSPS) is 15.9. The van der Waals surface area contributed by atoms with Crippen molar-refractivity contribution in [2.45, 2.75) is 39.2 Å². The highest BCUT2D eigenvalue weighted by Crippen LogP contribution is 2.34. The van der Waals surface area contributed by atoms with Gasteiger partial charge in [-0.3, -0.25) is 9.48 Å². The van der Waals surface area contributed by atoms with Gasteiger partial charge in [-0.25, -0.2) is 0 Å². The SMILES string of the molecule is CCc1nc(-c2ccc3c(c2)CC[C@H]3NC(=O)c2cn(C)nc2C)no1. The van der Waals surface area contributed by atoms with Crippen molar-refractivity contribution in [3.63, 3.8) is 0 Å². The van der Waals surface area contributed by atoms with E-state index in [1.54, 1.807) is 10.9 Å². The molecule has 0 saturated carbocycles. The van der Waals surface area contributed by atoms with Crippen LogP contribution in [0.15, 0.2) is 28.9 Å². The summed E-state index contributed by atoms with van der Waals surface area (Å²) >= 11 is 0. The van der Waals surface area contributed by atoms with Crippen LogP contribution in [0.5, 0.6) is 0 Å². The van der Waals surface area contributed by atoms with Gasteiger partial charge in [-0.2, -0.15) is 10.1 Å². The Labute approximate surface area is 151 Å². The third kappa shape index (κ3) is 2.89. The van der Waals surface area contributed by atoms with E-state index in [0.29, 0.717) is 17.3 Å². The molecule has 0 saturated heterocycles. The number of carbonyl (C=O) groups is 1. The predicted octanol–water partition coefficient (Wildman–Crippen LogP) is 2.76. The summed E-state index contributed by atoms with van der Waals surface area (Å²) in [6, 6.07) is 6.16. The number of hydrogen-bond donors (Lipinski definition) is 1. The van der Waals surface area contributed by atoms with Gasteiger partial charge in [-0.1, -0.05) is 24.2 Å². The smallest absolute Gasteiger partial charge is 0.255 e. The minimum absolute atomic E-state index is 0.0163. The van der Waals surface area contributed by atoms with E-state index >= 15 is 0 Å². The van der Waals surface area contributed by atoms with E-state index in [-0.39, 0.29) is 11.9 Å². The molecule has 1 aliphatic rings. The summed E-state index contributed by atoms with van der Waals surface area (Å²) in [6.45, 7) is 3.83. The molecule has 4 rings (SSSR count). The molecule has 1 atom stereocenters. The Balaban J connectivity index is 1.54. The Morgan fingerprint density at radius 2 is 2.27 bits per heavy atom. The number of fused-ring (bicyclic) bond motifs is 1. The van der Waals surface area contributed by atoms with Crippen LogP contribution >= 0.6 is 0 Å². The quantitative estimate of drug-likeness (QED) is 0.781. The third-order valence-electron chi connectivity index (χ3n) is 4.81. The molecule has 2 aromatic heterocycles. The number of aryl methyl sites for hydroxylation is 4. The Bertz CT molecular complexity index is 972. The molecular formula is C19H21N5O2. The van der Waals surface area contributed by atoms with E-state index in [0.717, 1.165) is 36.1 Å². The number of amides is 1. The molecule has 3 aromatic rings. The van der Waals surface area contributed by atoms with Gasteiger partial charge in [0.1, 0.15) is 0 Å². The fourth-order valence-corrected chi connectivity index (χ4v) is 3.48. The second-order valence-electron chi connectivity index (χ2n) is 6.65. The molecule has 0 radical (unpaired) electrons. The predicted molar refractivity (Wildman–Crippen MR) is 95.6 cm³/mol. The summed E-state index contributed by atoms with van der Waals surface area (Å²) in [6.07, 6.45) is 4.28. The van der Waals surface area contributed by atoms with Crippen LogP contribution in [0.25, 0.3) is 11.4 Å². The average molecular weight is 351 g/mol. The van der Waals surface area contributed by atoms with Crippen molar-refractivity contribution in [2.24, 2.45) is 7.05 Å². The van der Waals surface area contributed by atoms with Crippen LogP contribution in [0.4, 0.5) is 0 Å². The zero-order valence-corrected chi connectivity index (χ0v) is 15.1. The highest BCUT2D eigenvalue weighted by atomic mass is 16.5. The zero-order chi connectivity index (χ0) is 18.3. The Kier molecular flexibility index (Phi) is 4.06. The Morgan fingerprint density at radius 3 is 2.96 bits per heavy atom. The highest BCUT2D eigenvalue weighted by molar-refractivity contribution is 5.95. The molecule has 7 nitrogen and oxygen atoms in total. The van der Waals surface area contributed by atoms with E-state index in [2.05, 4.69) is 32.7 Å². The molecule has 1 N–H and O–H groups in total. The summed E-state index contributed by atoms with van der Waals surface area (Å²) in [7, 11) is 1.82. The standard InChI is InChI=1S/C19H21N5O2/c1-4-17-21-18(23-26-17)13-5-7-14-12(9-13)6-8-16(14)20-19(25)15-10-24(3)22-11(15)2/h5,7,9-10,16H,4,6,8H2,1-3H3,(H,20,25)/t16-/m1/s1. The number of hydrogen-bond acceptors (Lipinski definition) is 5. The molecule has 0 aliphatic heterocycles. The average Bonchev–Trinajstić information content (AvgIpc) is 3.33. The minimum atomic E-state index is -0.0803. The first-order chi connectivity index (χ1) is 12.5. The molecular weight excluding hydrogens is 330 g/mol. The number of carbonyl (C=O) groups excluding carboxylic acids is 1. The molecule has 1 amide bonds. The van der Waals surface area contributed by atoms with Crippen molar-refractivity contribution in [1.29, 1.82) is 0 Å². The second kappa shape index (κ2) is 6.40. The maximum Gasteiger partial charge on any atom is 0.255 e. The maximum absolute atomic E-state index is 12.6. The summed E-state index contributed by atoms with van der Waals surface area (Å²) < 4.78 is 6.86. The first-order valence-electron chi connectivity index (χ1n) is 8.82. The molecule has 0 unspecified atom stereocenters. The van der Waals surface area contributed by atoms with Gasteiger partial charge in [-0.05, 0) is 37.0 Å². The Morgan fingerprint density at radius 1 is 1.42 bits per heavy atom. The number of nitrogens with one attached hydrogen (secondary N) is 1. The van der Waals surface area contributed by atoms with Gasteiger partial charge < -0.3 is 9.84 Å². The summed E-state index contributed by atoms with van der Waals surface area (Å²) in [5.74, 6) is 1.17. The third-order valence-corrected chi connectivity index (χ3v) is 4.81. The number of rotatable bonds is 4. The fraction of sp³-hybridized carbons (Fsp3) is 0.368. The van der Waals surface area contributed by atoms with E-state index in [1.807, 2.05) is 27.0 Å². The van der Waals surface area contributed by atoms with Gasteiger partial charge >= 0.3 is 0 Å². The van der Waals surface area contributed by atoms with Crippen molar-refractivity contribution in [3.8, 4) is 11.4 Å². The van der Waals surface area contributed by atoms with Crippen molar-refractivity contribution in [1.82, 2.24) is 25.2 Å². The first kappa shape index (κ1) is 16.5. The topological polar surface area (TPSA) is 85.8 Å². The molecule has 7 heteroatoms. The van der Waals surface area contributed by atoms with E-state index < -0.39 is 0 Å². The monoisotopic (exact) mass is 351 g/mol. The van der Waals surface area contributed by atoms with Gasteiger partial charge in [0, 0.05) is 25.2 Å². The van der Waals surface area contributed by atoms with Crippen LogP contribution in [0, 0.1) is 6.92 Å². The Hall–Kier alpha value is -2.96. The van der Waals surface area contributed by atoms with Gasteiger partial charge in [0.2, 0.25) is 11.7 Å². The molecule has 1 aliphatic carbocycles. The van der Waals surface area contributed by atoms with Crippen LogP contribution in [-0.2, 0) is 19.9 Å². The van der Waals surface area contributed by atoms with Crippen molar-refractivity contribution >= 4 is 5.91 Å². The minimum Gasteiger partial charge on any atom is -0.345 e. The summed E-state index contributed by atoms with van der Waals surface area (Å²) in [4.78, 5) is 17.0. The summed E-state index contributed by atoms with van der Waals surface area (Å²) in [5.41, 5.74) is 4.68. The van der Waals surface area contributed by atoms with E-state index in [9.17, 15) is 4.79 Å². The molecule has 2 heterocycles. The number of benzene rings is 1. The lowest BCUT2D eigenvalue weighted by atomic mass is 10.0. The maximum atomic E-state index is 12.6. The van der Waals surface area contributed by atoms with Crippen molar-refractivity contribution < 1.29 is 9.32 Å². The largest absolute Gasteiger partial charge is 0.345 e. The lowest BCUT2D eigenvalue weighted by Gasteiger charge is -2.14. The molecule has 134 valence electrons. The van der Waals surface area contributed by atoms with Crippen molar-refractivity contribution in [3.05, 3.63) is 52.7 Å². The van der Waals surface area contributed by atoms with Crippen LogP contribution < -0.4 is 5.32 Å². The van der Waals surface area contributed by atoms with Gasteiger partial charge in [0.15, 0.2) is 0 Å². The molecule has 26 heavy (non-hydrogen) atoms. The van der Waals surface area contributed by atoms with Gasteiger partial charge in [-0.15, -0.1) is 0 Å². The number of aromatic nitrogens is 4. The van der Waals surface area contributed by atoms with Crippen LogP contribution in [0.3, 0.4) is 0 Å². The fourth-order valence-electron chi connectivity index (χ4n) is 3.48. The lowest BCUT2D eigenvalue weighted by molar-refractivity contribution is 0.0936. The molecule has 1 aromatic carbocycles. The lowest BCUT2D eigenvalue weighted by Crippen LogP contribution is -2.27.